The smallest absolute Gasteiger partial charge is 0.261 e. The summed E-state index contributed by atoms with van der Waals surface area (Å²) in [6.07, 6.45) is 0.215. The monoisotopic (exact) mass is 569 g/mol. The number of anilines is 1. The molecule has 3 aromatic carbocycles. The molecule has 0 bridgehead atoms. The van der Waals surface area contributed by atoms with Crippen molar-refractivity contribution < 1.29 is 13.2 Å². The van der Waals surface area contributed by atoms with Gasteiger partial charge in [0.2, 0.25) is 4.77 Å². The summed E-state index contributed by atoms with van der Waals surface area (Å²) < 4.78 is 39.1. The Hall–Kier alpha value is -3.02. The highest BCUT2D eigenvalue weighted by Gasteiger charge is 2.24. The summed E-state index contributed by atoms with van der Waals surface area (Å²) in [6, 6.07) is 23.0. The van der Waals surface area contributed by atoms with Crippen LogP contribution in [0.3, 0.4) is 0 Å². The van der Waals surface area contributed by atoms with Gasteiger partial charge in [0.25, 0.3) is 10.0 Å². The van der Waals surface area contributed by atoms with E-state index in [1.165, 1.54) is 6.07 Å². The summed E-state index contributed by atoms with van der Waals surface area (Å²) in [4.78, 5) is 2.35. The molecule has 1 fully saturated rings. The molecule has 0 radical (unpaired) electrons. The summed E-state index contributed by atoms with van der Waals surface area (Å²) in [5.41, 5.74) is 1.76. The van der Waals surface area contributed by atoms with Crippen LogP contribution in [0.25, 0.3) is 17.1 Å². The number of aromatic nitrogens is 3. The normalized spacial score (nSPS) is 18.4. The second kappa shape index (κ2) is 11.0. The van der Waals surface area contributed by atoms with Gasteiger partial charge in [0.15, 0.2) is 5.82 Å². The van der Waals surface area contributed by atoms with E-state index < -0.39 is 10.0 Å². The lowest BCUT2D eigenvalue weighted by Crippen LogP contribution is -2.46. The maximum atomic E-state index is 13.2. The van der Waals surface area contributed by atoms with Gasteiger partial charge in [-0.2, -0.15) is 0 Å². The van der Waals surface area contributed by atoms with Gasteiger partial charge < -0.3 is 4.74 Å². The Kier molecular flexibility index (Phi) is 7.69. The van der Waals surface area contributed by atoms with Gasteiger partial charge in [-0.15, -0.1) is 5.10 Å². The molecular formula is C27H28ClN5O3S2. The quantitative estimate of drug-likeness (QED) is 0.292. The van der Waals surface area contributed by atoms with E-state index in [-0.39, 0.29) is 17.1 Å². The van der Waals surface area contributed by atoms with E-state index in [9.17, 15) is 8.42 Å². The van der Waals surface area contributed by atoms with Gasteiger partial charge in [0, 0.05) is 24.3 Å². The zero-order valence-electron chi connectivity index (χ0n) is 21.0. The number of morpholine rings is 1. The van der Waals surface area contributed by atoms with E-state index in [2.05, 4.69) is 23.5 Å². The fourth-order valence-corrected chi connectivity index (χ4v) is 6.29. The van der Waals surface area contributed by atoms with Crippen molar-refractivity contribution in [2.24, 2.45) is 0 Å². The first-order valence-electron chi connectivity index (χ1n) is 12.2. The molecule has 38 heavy (non-hydrogen) atoms. The van der Waals surface area contributed by atoms with Gasteiger partial charge in [-0.3, -0.25) is 14.2 Å². The van der Waals surface area contributed by atoms with E-state index in [0.717, 1.165) is 18.8 Å². The highest BCUT2D eigenvalue weighted by molar-refractivity contribution is 7.92. The fraction of sp³-hybridized carbons (Fsp3) is 0.259. The minimum atomic E-state index is -3.91. The lowest BCUT2D eigenvalue weighted by Gasteiger charge is -2.34. The minimum Gasteiger partial charge on any atom is -0.373 e. The molecule has 0 spiro atoms. The van der Waals surface area contributed by atoms with Crippen LogP contribution in [0.1, 0.15) is 13.8 Å². The molecule has 2 heterocycles. The number of rotatable bonds is 7. The summed E-state index contributed by atoms with van der Waals surface area (Å²) in [6.45, 7) is 6.13. The molecule has 8 nitrogen and oxygen atoms in total. The van der Waals surface area contributed by atoms with Crippen LogP contribution in [0, 0.1) is 4.77 Å². The molecule has 0 saturated carbocycles. The Morgan fingerprint density at radius 1 is 1.00 bits per heavy atom. The number of benzene rings is 3. The number of nitrogens with zero attached hydrogens (tertiary/aromatic N) is 4. The topological polar surface area (TPSA) is 81.4 Å². The van der Waals surface area contributed by atoms with E-state index in [4.69, 9.17) is 33.7 Å². The molecular weight excluding hydrogens is 542 g/mol. The van der Waals surface area contributed by atoms with Crippen molar-refractivity contribution in [3.05, 3.63) is 88.7 Å². The zero-order chi connectivity index (χ0) is 26.9. The zero-order valence-corrected chi connectivity index (χ0v) is 23.4. The van der Waals surface area contributed by atoms with Crippen LogP contribution in [0.4, 0.5) is 5.69 Å². The Morgan fingerprint density at radius 2 is 1.68 bits per heavy atom. The number of nitrogens with one attached hydrogen (secondary N) is 1. The van der Waals surface area contributed by atoms with Crippen LogP contribution in [0.2, 0.25) is 5.02 Å². The first-order chi connectivity index (χ1) is 18.2. The second-order valence-electron chi connectivity index (χ2n) is 9.32. The highest BCUT2D eigenvalue weighted by Crippen LogP contribution is 2.28. The number of halogens is 1. The highest BCUT2D eigenvalue weighted by atomic mass is 35.5. The maximum Gasteiger partial charge on any atom is 0.261 e. The number of hydrogen-bond donors (Lipinski definition) is 1. The molecule has 2 atom stereocenters. The molecule has 1 aliphatic heterocycles. The van der Waals surface area contributed by atoms with Crippen LogP contribution < -0.4 is 4.72 Å². The molecule has 0 unspecified atom stereocenters. The lowest BCUT2D eigenvalue weighted by molar-refractivity contribution is -0.0777. The van der Waals surface area contributed by atoms with Crippen molar-refractivity contribution in [3.63, 3.8) is 0 Å². The Balaban J connectivity index is 1.55. The molecule has 1 aromatic heterocycles. The summed E-state index contributed by atoms with van der Waals surface area (Å²) in [5.74, 6) is 0.547. The van der Waals surface area contributed by atoms with Crippen molar-refractivity contribution in [3.8, 4) is 17.1 Å². The number of para-hydroxylation sites is 2. The molecule has 0 amide bonds. The van der Waals surface area contributed by atoms with Gasteiger partial charge in [-0.1, -0.05) is 54.1 Å². The number of hydrogen-bond acceptors (Lipinski definition) is 6. The minimum absolute atomic E-state index is 0.0887. The lowest BCUT2D eigenvalue weighted by atomic mass is 10.2. The third kappa shape index (κ3) is 5.69. The molecule has 4 aromatic rings. The summed E-state index contributed by atoms with van der Waals surface area (Å²) in [5, 5.41) is 5.19. The van der Waals surface area contributed by atoms with Crippen molar-refractivity contribution in [2.75, 3.05) is 17.8 Å². The molecule has 11 heteroatoms. The molecule has 1 N–H and O–H groups in total. The first kappa shape index (κ1) is 26.6. The van der Waals surface area contributed by atoms with Crippen LogP contribution in [-0.2, 0) is 21.4 Å². The molecule has 1 saturated heterocycles. The SMILES string of the molecule is C[C@H]1CN(Cn2nc(-c3cccc(S(=O)(=O)Nc4ccccc4Cl)c3)n(-c3ccccc3)c2=S)C[C@H](C)O1. The third-order valence-corrected chi connectivity index (χ3v) is 8.29. The molecule has 198 valence electrons. The van der Waals surface area contributed by atoms with Crippen LogP contribution in [0.15, 0.2) is 83.8 Å². The number of ether oxygens (including phenoxy) is 1. The van der Waals surface area contributed by atoms with Gasteiger partial charge in [0.1, 0.15) is 0 Å². The van der Waals surface area contributed by atoms with Gasteiger partial charge in [-0.25, -0.2) is 13.1 Å². The fourth-order valence-electron chi connectivity index (χ4n) is 4.64. The van der Waals surface area contributed by atoms with Gasteiger partial charge in [-0.05, 0) is 62.5 Å². The Bertz CT molecular complexity index is 1590. The average Bonchev–Trinajstić information content (AvgIpc) is 3.21. The Morgan fingerprint density at radius 3 is 2.39 bits per heavy atom. The van der Waals surface area contributed by atoms with Gasteiger partial charge in [0.05, 0.1) is 34.5 Å². The predicted molar refractivity (Wildman–Crippen MR) is 152 cm³/mol. The van der Waals surface area contributed by atoms with E-state index in [1.807, 2.05) is 41.0 Å². The largest absolute Gasteiger partial charge is 0.373 e. The number of sulfonamides is 1. The molecule has 1 aliphatic rings. The molecule has 0 aliphatic carbocycles. The van der Waals surface area contributed by atoms with Crippen molar-refractivity contribution >= 4 is 39.5 Å². The standard InChI is InChI=1S/C27H28ClN5O3S2/c1-19-16-31(17-20(2)36-19)18-32-27(37)33(22-10-4-3-5-11-22)26(29-32)21-9-8-12-23(15-21)38(34,35)30-25-14-7-6-13-24(25)28/h3-15,19-20,30H,16-18H2,1-2H3/t19-,20-/m0/s1. The summed E-state index contributed by atoms with van der Waals surface area (Å²) in [7, 11) is -3.91. The van der Waals surface area contributed by atoms with E-state index >= 15 is 0 Å². The second-order valence-corrected chi connectivity index (χ2v) is 11.8. The van der Waals surface area contributed by atoms with Gasteiger partial charge >= 0.3 is 0 Å². The maximum absolute atomic E-state index is 13.2. The van der Waals surface area contributed by atoms with Crippen LogP contribution >= 0.6 is 23.8 Å². The van der Waals surface area contributed by atoms with Crippen LogP contribution in [0.5, 0.6) is 0 Å². The first-order valence-corrected chi connectivity index (χ1v) is 14.5. The van der Waals surface area contributed by atoms with Crippen molar-refractivity contribution in [2.45, 2.75) is 37.6 Å². The molecule has 5 rings (SSSR count). The Labute approximate surface area is 232 Å². The summed E-state index contributed by atoms with van der Waals surface area (Å²) >= 11 is 12.1. The predicted octanol–water partition coefficient (Wildman–Crippen LogP) is 5.59. The third-order valence-electron chi connectivity index (χ3n) is 6.20. The van der Waals surface area contributed by atoms with Crippen LogP contribution in [-0.4, -0.2) is 53.0 Å². The average molecular weight is 570 g/mol. The van der Waals surface area contributed by atoms with Crippen molar-refractivity contribution in [1.29, 1.82) is 0 Å². The van der Waals surface area contributed by atoms with Crippen molar-refractivity contribution in [1.82, 2.24) is 19.2 Å². The van der Waals surface area contributed by atoms with E-state index in [0.29, 0.717) is 33.5 Å². The van der Waals surface area contributed by atoms with E-state index in [1.54, 1.807) is 41.1 Å².